The van der Waals surface area contributed by atoms with Gasteiger partial charge in [-0.1, -0.05) is 11.8 Å². The summed E-state index contributed by atoms with van der Waals surface area (Å²) in [7, 11) is 0. The number of hydrogen-bond acceptors (Lipinski definition) is 4. The van der Waals surface area contributed by atoms with Crippen molar-refractivity contribution in [3.8, 4) is 11.8 Å². The van der Waals surface area contributed by atoms with E-state index in [9.17, 15) is 0 Å². The Morgan fingerprint density at radius 2 is 2.35 bits per heavy atom. The average molecular weight is 290 g/mol. The number of thiophene rings is 1. The van der Waals surface area contributed by atoms with E-state index in [4.69, 9.17) is 5.11 Å². The molecule has 3 heterocycles. The zero-order valence-electron chi connectivity index (χ0n) is 12.0. The first-order valence-corrected chi connectivity index (χ1v) is 8.30. The van der Waals surface area contributed by atoms with Crippen LogP contribution in [-0.2, 0) is 6.54 Å². The highest BCUT2D eigenvalue weighted by Gasteiger charge is 2.34. The van der Waals surface area contributed by atoms with Gasteiger partial charge in [0.05, 0.1) is 0 Å². The smallest absolute Gasteiger partial charge is 0.104 e. The van der Waals surface area contributed by atoms with Crippen LogP contribution in [0.3, 0.4) is 0 Å². The number of aliphatic hydroxyl groups is 1. The molecule has 0 aromatic carbocycles. The molecule has 3 nitrogen and oxygen atoms in total. The van der Waals surface area contributed by atoms with Crippen molar-refractivity contribution in [1.82, 2.24) is 9.80 Å². The van der Waals surface area contributed by atoms with Gasteiger partial charge in [0.25, 0.3) is 0 Å². The van der Waals surface area contributed by atoms with Gasteiger partial charge in [0, 0.05) is 42.2 Å². The van der Waals surface area contributed by atoms with Crippen LogP contribution < -0.4 is 0 Å². The summed E-state index contributed by atoms with van der Waals surface area (Å²) >= 11 is 1.78. The SMILES string of the molecule is CC1CN2CCCC2CN1Cc1sccc1C#CCO. The lowest BCUT2D eigenvalue weighted by atomic mass is 10.1. The summed E-state index contributed by atoms with van der Waals surface area (Å²) in [5.74, 6) is 5.83. The van der Waals surface area contributed by atoms with E-state index in [1.54, 1.807) is 11.3 Å². The van der Waals surface area contributed by atoms with Gasteiger partial charge in [-0.25, -0.2) is 0 Å². The molecule has 1 N–H and O–H groups in total. The molecule has 0 saturated carbocycles. The van der Waals surface area contributed by atoms with E-state index in [2.05, 4.69) is 40.0 Å². The molecule has 2 aliphatic rings. The van der Waals surface area contributed by atoms with Crippen molar-refractivity contribution in [2.24, 2.45) is 0 Å². The van der Waals surface area contributed by atoms with Crippen LogP contribution in [0.15, 0.2) is 11.4 Å². The Morgan fingerprint density at radius 1 is 1.45 bits per heavy atom. The maximum absolute atomic E-state index is 8.84. The van der Waals surface area contributed by atoms with Crippen LogP contribution in [0.25, 0.3) is 0 Å². The minimum Gasteiger partial charge on any atom is -0.384 e. The monoisotopic (exact) mass is 290 g/mol. The Bertz CT molecular complexity index is 516. The molecule has 0 spiro atoms. The lowest BCUT2D eigenvalue weighted by molar-refractivity contribution is 0.0547. The molecule has 108 valence electrons. The van der Waals surface area contributed by atoms with Crippen LogP contribution in [0.5, 0.6) is 0 Å². The first-order chi connectivity index (χ1) is 9.78. The van der Waals surface area contributed by atoms with Gasteiger partial charge >= 0.3 is 0 Å². The second-order valence-corrected chi connectivity index (χ2v) is 6.79. The molecule has 0 radical (unpaired) electrons. The topological polar surface area (TPSA) is 26.7 Å². The van der Waals surface area contributed by atoms with Crippen molar-refractivity contribution >= 4 is 11.3 Å². The molecule has 0 aliphatic carbocycles. The minimum absolute atomic E-state index is 0.0631. The number of rotatable bonds is 2. The third-order valence-electron chi connectivity index (χ3n) is 4.46. The quantitative estimate of drug-likeness (QED) is 0.841. The second-order valence-electron chi connectivity index (χ2n) is 5.79. The number of nitrogens with zero attached hydrogens (tertiary/aromatic N) is 2. The predicted octanol–water partition coefficient (Wildman–Crippen LogP) is 1.76. The molecule has 20 heavy (non-hydrogen) atoms. The summed E-state index contributed by atoms with van der Waals surface area (Å²) in [5.41, 5.74) is 1.09. The molecular weight excluding hydrogens is 268 g/mol. The van der Waals surface area contributed by atoms with Gasteiger partial charge in [-0.05, 0) is 37.8 Å². The molecule has 0 bridgehead atoms. The normalized spacial score (nSPS) is 27.1. The fourth-order valence-corrected chi connectivity index (χ4v) is 4.22. The van der Waals surface area contributed by atoms with Crippen molar-refractivity contribution in [3.63, 3.8) is 0 Å². The molecular formula is C16H22N2OS. The lowest BCUT2D eigenvalue weighted by Crippen LogP contribution is -2.54. The fraction of sp³-hybridized carbons (Fsp3) is 0.625. The third kappa shape index (κ3) is 2.91. The molecule has 2 saturated heterocycles. The first kappa shape index (κ1) is 14.1. The summed E-state index contributed by atoms with van der Waals surface area (Å²) in [6.45, 7) is 6.95. The molecule has 3 rings (SSSR count). The standard InChI is InChI=1S/C16H22N2OS/c1-13-10-17-7-2-5-15(17)11-18(13)12-16-14(4-3-8-19)6-9-20-16/h6,9,13,15,19H,2,5,7-8,10-12H2,1H3. The molecule has 0 amide bonds. The van der Waals surface area contributed by atoms with E-state index in [1.165, 1.54) is 37.4 Å². The highest BCUT2D eigenvalue weighted by molar-refractivity contribution is 7.10. The van der Waals surface area contributed by atoms with E-state index < -0.39 is 0 Å². The molecule has 1 aromatic heterocycles. The number of hydrogen-bond donors (Lipinski definition) is 1. The van der Waals surface area contributed by atoms with Gasteiger partial charge < -0.3 is 5.11 Å². The predicted molar refractivity (Wildman–Crippen MR) is 82.7 cm³/mol. The molecule has 2 unspecified atom stereocenters. The number of piperazine rings is 1. The van der Waals surface area contributed by atoms with Crippen LogP contribution in [0.1, 0.15) is 30.2 Å². The lowest BCUT2D eigenvalue weighted by Gasteiger charge is -2.42. The minimum atomic E-state index is -0.0631. The van der Waals surface area contributed by atoms with E-state index in [1.807, 2.05) is 0 Å². The highest BCUT2D eigenvalue weighted by atomic mass is 32.1. The largest absolute Gasteiger partial charge is 0.384 e. The molecule has 1 aromatic rings. The van der Waals surface area contributed by atoms with Crippen molar-refractivity contribution in [2.45, 2.75) is 38.4 Å². The summed E-state index contributed by atoms with van der Waals surface area (Å²) < 4.78 is 0. The van der Waals surface area contributed by atoms with Gasteiger partial charge in [0.15, 0.2) is 0 Å². The van der Waals surface area contributed by atoms with E-state index in [0.29, 0.717) is 6.04 Å². The number of aliphatic hydroxyl groups excluding tert-OH is 1. The van der Waals surface area contributed by atoms with Crippen LogP contribution in [0.4, 0.5) is 0 Å². The van der Waals surface area contributed by atoms with Crippen molar-refractivity contribution in [3.05, 3.63) is 21.9 Å². The van der Waals surface area contributed by atoms with Gasteiger partial charge in [-0.2, -0.15) is 0 Å². The van der Waals surface area contributed by atoms with Crippen molar-refractivity contribution in [2.75, 3.05) is 26.2 Å². The zero-order valence-corrected chi connectivity index (χ0v) is 12.8. The van der Waals surface area contributed by atoms with Crippen molar-refractivity contribution < 1.29 is 5.11 Å². The number of fused-ring (bicyclic) bond motifs is 1. The summed E-state index contributed by atoms with van der Waals surface area (Å²) in [6.07, 6.45) is 2.71. The zero-order chi connectivity index (χ0) is 13.9. The van der Waals surface area contributed by atoms with Gasteiger partial charge in [0.1, 0.15) is 6.61 Å². The maximum Gasteiger partial charge on any atom is 0.104 e. The molecule has 2 fully saturated rings. The fourth-order valence-electron chi connectivity index (χ4n) is 3.36. The Hall–Kier alpha value is -0.860. The Labute approximate surface area is 125 Å². The Morgan fingerprint density at radius 3 is 3.20 bits per heavy atom. The first-order valence-electron chi connectivity index (χ1n) is 7.42. The van der Waals surface area contributed by atoms with Crippen molar-refractivity contribution in [1.29, 1.82) is 0 Å². The molecule has 4 heteroatoms. The third-order valence-corrected chi connectivity index (χ3v) is 5.37. The maximum atomic E-state index is 8.84. The summed E-state index contributed by atoms with van der Waals surface area (Å²) in [5, 5.41) is 10.9. The Kier molecular flexibility index (Phi) is 4.42. The van der Waals surface area contributed by atoms with E-state index >= 15 is 0 Å². The highest BCUT2D eigenvalue weighted by Crippen LogP contribution is 2.27. The molecule has 2 aliphatic heterocycles. The van der Waals surface area contributed by atoms with Gasteiger partial charge in [0.2, 0.25) is 0 Å². The van der Waals surface area contributed by atoms with Crippen LogP contribution in [-0.4, -0.2) is 53.2 Å². The van der Waals surface area contributed by atoms with E-state index in [-0.39, 0.29) is 6.61 Å². The van der Waals surface area contributed by atoms with Crippen LogP contribution in [0.2, 0.25) is 0 Å². The van der Waals surface area contributed by atoms with Gasteiger partial charge in [-0.3, -0.25) is 9.80 Å². The van der Waals surface area contributed by atoms with Gasteiger partial charge in [-0.15, -0.1) is 11.3 Å². The second kappa shape index (κ2) is 6.28. The van der Waals surface area contributed by atoms with Crippen LogP contribution >= 0.6 is 11.3 Å². The molecule has 2 atom stereocenters. The Balaban J connectivity index is 1.69. The summed E-state index contributed by atoms with van der Waals surface area (Å²) in [4.78, 5) is 6.59. The van der Waals surface area contributed by atoms with Crippen LogP contribution in [0, 0.1) is 11.8 Å². The van der Waals surface area contributed by atoms with E-state index in [0.717, 1.165) is 18.2 Å². The average Bonchev–Trinajstić information content (AvgIpc) is 3.06. The summed E-state index contributed by atoms with van der Waals surface area (Å²) in [6, 6.07) is 3.45.